The predicted octanol–water partition coefficient (Wildman–Crippen LogP) is -0.536. The number of aryl methyl sites for hydroxylation is 1. The van der Waals surface area contributed by atoms with Crippen LogP contribution in [-0.2, 0) is 29.8 Å². The van der Waals surface area contributed by atoms with Crippen LogP contribution in [0.4, 0.5) is 0 Å². The van der Waals surface area contributed by atoms with E-state index >= 15 is 0 Å². The average molecular weight is 465 g/mol. The maximum Gasteiger partial charge on any atom is -0.0253 e. The Hall–Kier alpha value is -0.400. The zero-order chi connectivity index (χ0) is 16.7. The molecule has 2 aliphatic rings. The molecule has 0 bridgehead atoms. The standard InChI is InChI=1S/C14H11.C5H5.C2H6Si.2ClH.Zr/c1-10-5-4-7-12-9-11-6-2-3-8-13(11)14(10)12;1-2-4-5-3-1;1-3-2;;;/h2-6,8H,9H2,1H3;1-3H,4H2;1-2H3;2*1H;/q2*-1;;;;+2/p-2. The van der Waals surface area contributed by atoms with Crippen molar-refractivity contribution >= 4 is 5.43 Å². The van der Waals surface area contributed by atoms with Gasteiger partial charge < -0.3 is 24.8 Å². The molecule has 4 heteroatoms. The molecule has 0 amide bonds. The third kappa shape index (κ3) is 7.79. The zero-order valence-electron chi connectivity index (χ0n) is 14.9. The summed E-state index contributed by atoms with van der Waals surface area (Å²) in [6.07, 6.45) is 11.0. The molecular formula is C21H22Cl2SiZr-2. The van der Waals surface area contributed by atoms with E-state index in [2.05, 4.69) is 68.6 Å². The Bertz CT molecular complexity index is 737. The second-order valence-electron chi connectivity index (χ2n) is 5.85. The molecule has 0 aliphatic heterocycles. The molecule has 130 valence electrons. The van der Waals surface area contributed by atoms with E-state index in [-0.39, 0.29) is 30.2 Å². The number of rotatable bonds is 0. The van der Waals surface area contributed by atoms with Crippen LogP contribution in [0.2, 0.25) is 13.1 Å². The summed E-state index contributed by atoms with van der Waals surface area (Å²) >= 11 is 1.74. The molecule has 25 heavy (non-hydrogen) atoms. The Balaban J connectivity index is 0.000000443. The van der Waals surface area contributed by atoms with Crippen molar-refractivity contribution in [3.8, 4) is 11.1 Å². The van der Waals surface area contributed by atoms with Gasteiger partial charge in [0.05, 0.1) is 0 Å². The molecule has 0 nitrogen and oxygen atoms in total. The third-order valence-corrected chi connectivity index (χ3v) is 3.53. The second-order valence-corrected chi connectivity index (χ2v) is 15.2. The van der Waals surface area contributed by atoms with Gasteiger partial charge in [0, 0.05) is 0 Å². The minimum absolute atomic E-state index is 0. The molecule has 2 aromatic carbocycles. The first kappa shape index (κ1) is 24.6. The van der Waals surface area contributed by atoms with Gasteiger partial charge in [-0.2, -0.15) is 29.8 Å². The van der Waals surface area contributed by atoms with Crippen molar-refractivity contribution in [2.45, 2.75) is 32.9 Å². The minimum Gasteiger partial charge on any atom is -1.00 e. The molecule has 0 heterocycles. The average Bonchev–Trinajstić information content (AvgIpc) is 3.18. The van der Waals surface area contributed by atoms with Crippen LogP contribution in [0.5, 0.6) is 0 Å². The van der Waals surface area contributed by atoms with E-state index in [1.165, 1.54) is 27.8 Å². The number of halogens is 2. The number of hydrogen-bond donors (Lipinski definition) is 0. The van der Waals surface area contributed by atoms with Crippen molar-refractivity contribution in [3.63, 3.8) is 0 Å². The molecule has 0 radical (unpaired) electrons. The first-order valence-corrected chi connectivity index (χ1v) is 14.1. The monoisotopic (exact) mass is 462 g/mol. The van der Waals surface area contributed by atoms with Gasteiger partial charge in [0.25, 0.3) is 0 Å². The van der Waals surface area contributed by atoms with E-state index in [0.717, 1.165) is 12.8 Å². The van der Waals surface area contributed by atoms with Gasteiger partial charge in [-0.25, -0.2) is 12.2 Å². The Morgan fingerprint density at radius 2 is 1.76 bits per heavy atom. The van der Waals surface area contributed by atoms with Gasteiger partial charge in [0.2, 0.25) is 0 Å². The molecule has 0 fully saturated rings. The van der Waals surface area contributed by atoms with Crippen LogP contribution in [0, 0.1) is 19.1 Å². The molecule has 0 aromatic heterocycles. The van der Waals surface area contributed by atoms with E-state index in [0.29, 0.717) is 0 Å². The number of fused-ring (bicyclic) bond motifs is 3. The Labute approximate surface area is 180 Å². The van der Waals surface area contributed by atoms with E-state index in [1.54, 1.807) is 23.3 Å². The second kappa shape index (κ2) is 12.9. The fourth-order valence-electron chi connectivity index (χ4n) is 2.62. The van der Waals surface area contributed by atoms with Crippen LogP contribution in [0.1, 0.15) is 23.1 Å². The smallest absolute Gasteiger partial charge is 0.0253 e. The van der Waals surface area contributed by atoms with Gasteiger partial charge in [0.15, 0.2) is 0 Å². The van der Waals surface area contributed by atoms with Crippen LogP contribution in [0.25, 0.3) is 11.1 Å². The Morgan fingerprint density at radius 1 is 1.08 bits per heavy atom. The topological polar surface area (TPSA) is 0 Å². The Morgan fingerprint density at radius 3 is 2.32 bits per heavy atom. The molecule has 0 spiro atoms. The van der Waals surface area contributed by atoms with Crippen molar-refractivity contribution in [2.24, 2.45) is 0 Å². The SMILES string of the molecule is C[Si](C)=[Zr+2].Cc1cc[c-]c2c1-c1ccccc1C2.[C-]1=CC=CC1.[Cl-].[Cl-]. The Kier molecular flexibility index (Phi) is 12.7. The summed E-state index contributed by atoms with van der Waals surface area (Å²) in [5.74, 6) is 0. The summed E-state index contributed by atoms with van der Waals surface area (Å²) in [5, 5.41) is 0. The zero-order valence-corrected chi connectivity index (χ0v) is 19.8. The summed E-state index contributed by atoms with van der Waals surface area (Å²) in [6.45, 7) is 6.79. The van der Waals surface area contributed by atoms with Gasteiger partial charge in [-0.15, -0.1) is 17.5 Å². The molecule has 0 saturated carbocycles. The molecule has 2 aliphatic carbocycles. The van der Waals surface area contributed by atoms with Crippen LogP contribution < -0.4 is 24.8 Å². The minimum atomic E-state index is 0. The predicted molar refractivity (Wildman–Crippen MR) is 97.3 cm³/mol. The van der Waals surface area contributed by atoms with Gasteiger partial charge >= 0.3 is 41.9 Å². The molecule has 2 aromatic rings. The summed E-state index contributed by atoms with van der Waals surface area (Å²) in [6, 6.07) is 16.1. The fourth-order valence-corrected chi connectivity index (χ4v) is 2.62. The molecule has 0 unspecified atom stereocenters. The molecule has 0 saturated heterocycles. The van der Waals surface area contributed by atoms with Gasteiger partial charge in [-0.3, -0.25) is 6.08 Å². The molecule has 4 rings (SSSR count). The van der Waals surface area contributed by atoms with Crippen molar-refractivity contribution in [1.29, 1.82) is 0 Å². The van der Waals surface area contributed by atoms with Crippen molar-refractivity contribution in [1.82, 2.24) is 0 Å². The molecule has 0 atom stereocenters. The summed E-state index contributed by atoms with van der Waals surface area (Å²) in [5.41, 5.74) is 7.17. The van der Waals surface area contributed by atoms with Gasteiger partial charge in [0.1, 0.15) is 0 Å². The van der Waals surface area contributed by atoms with Crippen LogP contribution >= 0.6 is 0 Å². The first-order chi connectivity index (χ1) is 11.1. The fraction of sp³-hybridized carbons (Fsp3) is 0.238. The van der Waals surface area contributed by atoms with Gasteiger partial charge in [-0.1, -0.05) is 42.3 Å². The molecule has 0 N–H and O–H groups in total. The summed E-state index contributed by atoms with van der Waals surface area (Å²) in [4.78, 5) is 0. The first-order valence-electron chi connectivity index (χ1n) is 7.91. The van der Waals surface area contributed by atoms with Crippen molar-refractivity contribution in [3.05, 3.63) is 83.5 Å². The number of benzene rings is 2. The maximum atomic E-state index is 3.34. The summed E-state index contributed by atoms with van der Waals surface area (Å²) in [7, 11) is 0. The largest absolute Gasteiger partial charge is 1.00 e. The summed E-state index contributed by atoms with van der Waals surface area (Å²) < 4.78 is 0. The quantitative estimate of drug-likeness (QED) is 0.310. The van der Waals surface area contributed by atoms with Crippen molar-refractivity contribution < 1.29 is 48.1 Å². The number of hydrogen-bond acceptors (Lipinski definition) is 0. The third-order valence-electron chi connectivity index (χ3n) is 3.53. The normalized spacial score (nSPS) is 11.6. The van der Waals surface area contributed by atoms with Crippen LogP contribution in [0.15, 0.2) is 54.6 Å². The van der Waals surface area contributed by atoms with Crippen LogP contribution in [-0.4, -0.2) is 5.43 Å². The maximum absolute atomic E-state index is 3.34. The number of allylic oxidation sites excluding steroid dienone is 4. The van der Waals surface area contributed by atoms with E-state index in [1.807, 2.05) is 18.2 Å². The van der Waals surface area contributed by atoms with E-state index < -0.39 is 0 Å². The van der Waals surface area contributed by atoms with E-state index in [4.69, 9.17) is 0 Å². The molecular weight excluding hydrogens is 442 g/mol. The van der Waals surface area contributed by atoms with Crippen LogP contribution in [0.3, 0.4) is 0 Å². The van der Waals surface area contributed by atoms with E-state index in [9.17, 15) is 0 Å². The van der Waals surface area contributed by atoms with Crippen molar-refractivity contribution in [2.75, 3.05) is 0 Å². The van der Waals surface area contributed by atoms with Gasteiger partial charge in [-0.05, 0) is 6.42 Å².